The Kier molecular flexibility index (Phi) is 10.3. The van der Waals surface area contributed by atoms with Crippen LogP contribution in [-0.4, -0.2) is 67.6 Å². The SMILES string of the molecule is CCCN(CC)CCN=C(NCC)NC1CCN(Cc2ccc(F)cc2)CC1. The van der Waals surface area contributed by atoms with Gasteiger partial charge in [0.15, 0.2) is 5.96 Å². The van der Waals surface area contributed by atoms with Gasteiger partial charge in [0, 0.05) is 38.8 Å². The van der Waals surface area contributed by atoms with Crippen molar-refractivity contribution in [3.63, 3.8) is 0 Å². The molecule has 0 spiro atoms. The monoisotopic (exact) mass is 391 g/mol. The summed E-state index contributed by atoms with van der Waals surface area (Å²) in [4.78, 5) is 9.67. The summed E-state index contributed by atoms with van der Waals surface area (Å²) >= 11 is 0. The number of hydrogen-bond acceptors (Lipinski definition) is 3. The maximum absolute atomic E-state index is 13.1. The van der Waals surface area contributed by atoms with Gasteiger partial charge in [0.1, 0.15) is 5.82 Å². The molecule has 28 heavy (non-hydrogen) atoms. The van der Waals surface area contributed by atoms with Crippen LogP contribution in [0.15, 0.2) is 29.3 Å². The van der Waals surface area contributed by atoms with Crippen molar-refractivity contribution in [2.75, 3.05) is 45.8 Å². The van der Waals surface area contributed by atoms with Gasteiger partial charge < -0.3 is 15.5 Å². The van der Waals surface area contributed by atoms with Crippen LogP contribution in [0.3, 0.4) is 0 Å². The van der Waals surface area contributed by atoms with Crippen molar-refractivity contribution in [3.05, 3.63) is 35.6 Å². The quantitative estimate of drug-likeness (QED) is 0.475. The average molecular weight is 392 g/mol. The van der Waals surface area contributed by atoms with E-state index in [9.17, 15) is 4.39 Å². The molecule has 0 aromatic heterocycles. The first-order chi connectivity index (χ1) is 13.6. The molecular formula is C22H38FN5. The third-order valence-electron chi connectivity index (χ3n) is 5.27. The minimum absolute atomic E-state index is 0.168. The van der Waals surface area contributed by atoms with Crippen LogP contribution in [0.1, 0.15) is 45.6 Å². The van der Waals surface area contributed by atoms with Crippen molar-refractivity contribution in [2.24, 2.45) is 4.99 Å². The lowest BCUT2D eigenvalue weighted by atomic mass is 10.0. The minimum atomic E-state index is -0.168. The first-order valence-electron chi connectivity index (χ1n) is 10.9. The van der Waals surface area contributed by atoms with Gasteiger partial charge in [0.05, 0.1) is 6.54 Å². The Morgan fingerprint density at radius 2 is 1.86 bits per heavy atom. The lowest BCUT2D eigenvalue weighted by molar-refractivity contribution is 0.198. The van der Waals surface area contributed by atoms with E-state index in [1.807, 2.05) is 12.1 Å². The highest BCUT2D eigenvalue weighted by atomic mass is 19.1. The van der Waals surface area contributed by atoms with Gasteiger partial charge in [-0.2, -0.15) is 0 Å². The average Bonchev–Trinajstić information content (AvgIpc) is 2.70. The fraction of sp³-hybridized carbons (Fsp3) is 0.682. The normalized spacial score (nSPS) is 16.5. The standard InChI is InChI=1S/C22H38FN5/c1-4-14-27(6-3)17-13-25-22(24-5-2)26-21-11-15-28(16-12-21)18-19-7-9-20(23)10-8-19/h7-10,21H,4-6,11-18H2,1-3H3,(H2,24,25,26). The number of nitrogens with one attached hydrogen (secondary N) is 2. The molecule has 0 aliphatic carbocycles. The third-order valence-corrected chi connectivity index (χ3v) is 5.27. The van der Waals surface area contributed by atoms with E-state index < -0.39 is 0 Å². The predicted octanol–water partition coefficient (Wildman–Crippen LogP) is 3.08. The van der Waals surface area contributed by atoms with Gasteiger partial charge in [-0.25, -0.2) is 4.39 Å². The summed E-state index contributed by atoms with van der Waals surface area (Å²) in [7, 11) is 0. The first-order valence-corrected chi connectivity index (χ1v) is 10.9. The molecular weight excluding hydrogens is 353 g/mol. The van der Waals surface area contributed by atoms with Gasteiger partial charge in [0.2, 0.25) is 0 Å². The van der Waals surface area contributed by atoms with Gasteiger partial charge in [-0.05, 0) is 57.0 Å². The second-order valence-electron chi connectivity index (χ2n) is 7.52. The molecule has 158 valence electrons. The van der Waals surface area contributed by atoms with Crippen LogP contribution in [0.25, 0.3) is 0 Å². The van der Waals surface area contributed by atoms with Crippen molar-refractivity contribution < 1.29 is 4.39 Å². The Labute approximate surface area is 170 Å². The summed E-state index contributed by atoms with van der Waals surface area (Å²) in [5, 5.41) is 7.00. The summed E-state index contributed by atoms with van der Waals surface area (Å²) in [5.74, 6) is 0.769. The molecule has 0 radical (unpaired) electrons. The fourth-order valence-corrected chi connectivity index (χ4v) is 3.64. The highest BCUT2D eigenvalue weighted by Gasteiger charge is 2.20. The molecule has 1 saturated heterocycles. The number of piperidine rings is 1. The smallest absolute Gasteiger partial charge is 0.191 e. The zero-order chi connectivity index (χ0) is 20.2. The lowest BCUT2D eigenvalue weighted by Crippen LogP contribution is -2.48. The number of nitrogens with zero attached hydrogens (tertiary/aromatic N) is 3. The molecule has 6 heteroatoms. The maximum Gasteiger partial charge on any atom is 0.191 e. The topological polar surface area (TPSA) is 42.9 Å². The van der Waals surface area contributed by atoms with Crippen LogP contribution >= 0.6 is 0 Å². The third kappa shape index (κ3) is 8.15. The minimum Gasteiger partial charge on any atom is -0.357 e. The van der Waals surface area contributed by atoms with Crippen molar-refractivity contribution in [3.8, 4) is 0 Å². The van der Waals surface area contributed by atoms with E-state index in [1.165, 1.54) is 12.0 Å². The van der Waals surface area contributed by atoms with E-state index in [2.05, 4.69) is 41.2 Å². The molecule has 0 unspecified atom stereocenters. The number of benzene rings is 1. The number of guanidine groups is 1. The Morgan fingerprint density at radius 1 is 1.14 bits per heavy atom. The molecule has 2 N–H and O–H groups in total. The van der Waals surface area contributed by atoms with Crippen LogP contribution in [0, 0.1) is 5.82 Å². The van der Waals surface area contributed by atoms with Crippen LogP contribution in [0.4, 0.5) is 4.39 Å². The Balaban J connectivity index is 1.76. The summed E-state index contributed by atoms with van der Waals surface area (Å²) < 4.78 is 13.1. The molecule has 0 atom stereocenters. The number of likely N-dealkylation sites (tertiary alicyclic amines) is 1. The summed E-state index contributed by atoms with van der Waals surface area (Å²) in [5.41, 5.74) is 1.18. The van der Waals surface area contributed by atoms with E-state index in [0.29, 0.717) is 6.04 Å². The van der Waals surface area contributed by atoms with E-state index in [-0.39, 0.29) is 5.82 Å². The molecule has 2 rings (SSSR count). The van der Waals surface area contributed by atoms with E-state index in [1.54, 1.807) is 12.1 Å². The van der Waals surface area contributed by atoms with Crippen LogP contribution in [-0.2, 0) is 6.54 Å². The largest absolute Gasteiger partial charge is 0.357 e. The lowest BCUT2D eigenvalue weighted by Gasteiger charge is -2.33. The van der Waals surface area contributed by atoms with Crippen LogP contribution in [0.2, 0.25) is 0 Å². The maximum atomic E-state index is 13.1. The summed E-state index contributed by atoms with van der Waals surface area (Å²) in [6.45, 7) is 14.5. The second kappa shape index (κ2) is 12.7. The van der Waals surface area contributed by atoms with Crippen molar-refractivity contribution in [1.82, 2.24) is 20.4 Å². The predicted molar refractivity (Wildman–Crippen MR) is 116 cm³/mol. The zero-order valence-corrected chi connectivity index (χ0v) is 17.9. The van der Waals surface area contributed by atoms with Crippen molar-refractivity contribution in [2.45, 2.75) is 52.6 Å². The summed E-state index contributed by atoms with van der Waals surface area (Å²) in [6.07, 6.45) is 3.39. The van der Waals surface area contributed by atoms with Gasteiger partial charge in [0.25, 0.3) is 0 Å². The highest BCUT2D eigenvalue weighted by Crippen LogP contribution is 2.14. The molecule has 0 bridgehead atoms. The number of rotatable bonds is 10. The number of halogens is 1. The molecule has 1 aromatic carbocycles. The van der Waals surface area contributed by atoms with Crippen molar-refractivity contribution >= 4 is 5.96 Å². The number of aliphatic imine (C=N–C) groups is 1. The second-order valence-corrected chi connectivity index (χ2v) is 7.52. The number of hydrogen-bond donors (Lipinski definition) is 2. The molecule has 0 saturated carbocycles. The Hall–Kier alpha value is -1.66. The molecule has 1 fully saturated rings. The Bertz CT molecular complexity index is 567. The molecule has 0 amide bonds. The van der Waals surface area contributed by atoms with Crippen LogP contribution in [0.5, 0.6) is 0 Å². The Morgan fingerprint density at radius 3 is 2.46 bits per heavy atom. The first kappa shape index (κ1) is 22.6. The molecule has 1 aliphatic heterocycles. The highest BCUT2D eigenvalue weighted by molar-refractivity contribution is 5.80. The molecule has 5 nitrogen and oxygen atoms in total. The molecule has 1 aromatic rings. The summed E-state index contributed by atoms with van der Waals surface area (Å²) in [6, 6.07) is 7.31. The van der Waals surface area contributed by atoms with Gasteiger partial charge in [-0.1, -0.05) is 26.0 Å². The van der Waals surface area contributed by atoms with Gasteiger partial charge in [-0.15, -0.1) is 0 Å². The van der Waals surface area contributed by atoms with E-state index >= 15 is 0 Å². The van der Waals surface area contributed by atoms with E-state index in [0.717, 1.165) is 71.2 Å². The van der Waals surface area contributed by atoms with Crippen LogP contribution < -0.4 is 10.6 Å². The zero-order valence-electron chi connectivity index (χ0n) is 17.9. The fourth-order valence-electron chi connectivity index (χ4n) is 3.64. The van der Waals surface area contributed by atoms with Crippen molar-refractivity contribution in [1.29, 1.82) is 0 Å². The van der Waals surface area contributed by atoms with Gasteiger partial charge in [-0.3, -0.25) is 9.89 Å². The van der Waals surface area contributed by atoms with E-state index in [4.69, 9.17) is 4.99 Å². The molecule has 1 heterocycles. The molecule has 1 aliphatic rings. The van der Waals surface area contributed by atoms with Gasteiger partial charge >= 0.3 is 0 Å². The number of likely N-dealkylation sites (N-methyl/N-ethyl adjacent to an activating group) is 1.